The summed E-state index contributed by atoms with van der Waals surface area (Å²) >= 11 is 0. The van der Waals surface area contributed by atoms with Crippen LogP contribution in [0.15, 0.2) is 60.9 Å². The highest BCUT2D eigenvalue weighted by Gasteiger charge is 2.24. The zero-order valence-electron chi connectivity index (χ0n) is 15.4. The highest BCUT2D eigenvalue weighted by Crippen LogP contribution is 2.31. The van der Waals surface area contributed by atoms with Crippen LogP contribution < -0.4 is 10.2 Å². The fourth-order valence-electron chi connectivity index (χ4n) is 3.37. The van der Waals surface area contributed by atoms with Gasteiger partial charge >= 0.3 is 0 Å². The van der Waals surface area contributed by atoms with Gasteiger partial charge in [0.25, 0.3) is 11.8 Å². The van der Waals surface area contributed by atoms with Crippen molar-refractivity contribution >= 4 is 23.2 Å². The highest BCUT2D eigenvalue weighted by molar-refractivity contribution is 6.07. The van der Waals surface area contributed by atoms with Gasteiger partial charge in [-0.05, 0) is 66.9 Å². The zero-order chi connectivity index (χ0) is 20.4. The van der Waals surface area contributed by atoms with Crippen molar-refractivity contribution in [3.05, 3.63) is 89.2 Å². The van der Waals surface area contributed by atoms with Crippen molar-refractivity contribution in [2.45, 2.75) is 12.8 Å². The number of rotatable bonds is 3. The van der Waals surface area contributed by atoms with Crippen LogP contribution in [0.25, 0.3) is 0 Å². The molecule has 2 heterocycles. The molecule has 0 aliphatic carbocycles. The molecular weight excluding hydrogens is 376 g/mol. The van der Waals surface area contributed by atoms with Crippen LogP contribution in [0.2, 0.25) is 0 Å². The van der Waals surface area contributed by atoms with Crippen LogP contribution in [0, 0.1) is 11.6 Å². The fourth-order valence-corrected chi connectivity index (χ4v) is 3.37. The summed E-state index contributed by atoms with van der Waals surface area (Å²) in [4.78, 5) is 30.9. The lowest BCUT2D eigenvalue weighted by Gasteiger charge is -2.30. The lowest BCUT2D eigenvalue weighted by atomic mass is 10.00. The van der Waals surface area contributed by atoms with Gasteiger partial charge in [0.1, 0.15) is 0 Å². The van der Waals surface area contributed by atoms with Crippen LogP contribution in [-0.2, 0) is 6.42 Å². The number of anilines is 2. The van der Waals surface area contributed by atoms with E-state index in [-0.39, 0.29) is 11.5 Å². The molecule has 0 fully saturated rings. The zero-order valence-corrected chi connectivity index (χ0v) is 15.4. The Morgan fingerprint density at radius 1 is 1.00 bits per heavy atom. The molecule has 29 heavy (non-hydrogen) atoms. The summed E-state index contributed by atoms with van der Waals surface area (Å²) in [5.74, 6) is -2.75. The Bertz CT molecular complexity index is 1090. The van der Waals surface area contributed by atoms with E-state index in [0.717, 1.165) is 36.2 Å². The quantitative estimate of drug-likeness (QED) is 0.725. The van der Waals surface area contributed by atoms with E-state index in [2.05, 4.69) is 10.3 Å². The predicted octanol–water partition coefficient (Wildman–Crippen LogP) is 4.21. The number of hydrogen-bond acceptors (Lipinski definition) is 3. The number of halogens is 2. The van der Waals surface area contributed by atoms with Gasteiger partial charge in [-0.15, -0.1) is 0 Å². The lowest BCUT2D eigenvalue weighted by molar-refractivity contribution is 0.0983. The third kappa shape index (κ3) is 3.85. The van der Waals surface area contributed by atoms with Crippen LogP contribution in [-0.4, -0.2) is 23.3 Å². The number of hydrogen-bond donors (Lipinski definition) is 1. The SMILES string of the molecule is O=C(Nc1ccc2c(c1)CCCN2C(=O)c1cccnc1)c1ccc(F)c(F)c1. The Hall–Kier alpha value is -3.61. The molecule has 0 radical (unpaired) electrons. The summed E-state index contributed by atoms with van der Waals surface area (Å²) < 4.78 is 26.4. The van der Waals surface area contributed by atoms with Crippen LogP contribution in [0.4, 0.5) is 20.2 Å². The van der Waals surface area contributed by atoms with Gasteiger partial charge in [0.05, 0.1) is 5.56 Å². The molecule has 0 spiro atoms. The van der Waals surface area contributed by atoms with E-state index in [1.807, 2.05) is 0 Å². The van der Waals surface area contributed by atoms with E-state index in [1.165, 1.54) is 12.3 Å². The maximum atomic E-state index is 13.4. The number of pyridine rings is 1. The number of nitrogens with zero attached hydrogens (tertiary/aromatic N) is 2. The predicted molar refractivity (Wildman–Crippen MR) is 105 cm³/mol. The van der Waals surface area contributed by atoms with Crippen LogP contribution in [0.5, 0.6) is 0 Å². The summed E-state index contributed by atoms with van der Waals surface area (Å²) in [6.45, 7) is 0.599. The van der Waals surface area contributed by atoms with Crippen molar-refractivity contribution in [1.82, 2.24) is 4.98 Å². The standard InChI is InChI=1S/C22H17F2N3O2/c23-18-7-5-15(12-19(18)24)21(28)26-17-6-8-20-14(11-17)4-2-10-27(20)22(29)16-3-1-9-25-13-16/h1,3,5-9,11-13H,2,4,10H2,(H,26,28). The minimum Gasteiger partial charge on any atom is -0.322 e. The number of fused-ring (bicyclic) bond motifs is 1. The van der Waals surface area contributed by atoms with E-state index in [0.29, 0.717) is 17.8 Å². The molecule has 3 aromatic rings. The van der Waals surface area contributed by atoms with Gasteiger partial charge in [0, 0.05) is 35.9 Å². The first-order valence-corrected chi connectivity index (χ1v) is 9.14. The number of carbonyl (C=O) groups excluding carboxylic acids is 2. The first-order chi connectivity index (χ1) is 14.0. The normalized spacial score (nSPS) is 13.0. The van der Waals surface area contributed by atoms with Gasteiger partial charge in [-0.1, -0.05) is 0 Å². The Kier molecular flexibility index (Phi) is 5.03. The second-order valence-electron chi connectivity index (χ2n) is 6.73. The van der Waals surface area contributed by atoms with Crippen molar-refractivity contribution in [3.63, 3.8) is 0 Å². The molecule has 7 heteroatoms. The molecule has 4 rings (SSSR count). The average Bonchev–Trinajstić information content (AvgIpc) is 2.75. The van der Waals surface area contributed by atoms with Gasteiger partial charge in [-0.3, -0.25) is 14.6 Å². The molecule has 1 aromatic heterocycles. The largest absolute Gasteiger partial charge is 0.322 e. The van der Waals surface area contributed by atoms with E-state index in [4.69, 9.17) is 0 Å². The average molecular weight is 393 g/mol. The molecule has 0 atom stereocenters. The van der Waals surface area contributed by atoms with Crippen LogP contribution in [0.1, 0.15) is 32.7 Å². The molecule has 0 unspecified atom stereocenters. The number of amides is 2. The Morgan fingerprint density at radius 3 is 2.62 bits per heavy atom. The van der Waals surface area contributed by atoms with E-state index >= 15 is 0 Å². The molecule has 1 aliphatic heterocycles. The van der Waals surface area contributed by atoms with Crippen molar-refractivity contribution in [2.75, 3.05) is 16.8 Å². The van der Waals surface area contributed by atoms with Crippen molar-refractivity contribution in [1.29, 1.82) is 0 Å². The molecule has 0 saturated carbocycles. The van der Waals surface area contributed by atoms with E-state index in [1.54, 1.807) is 41.4 Å². The molecule has 0 bridgehead atoms. The molecular formula is C22H17F2N3O2. The summed E-state index contributed by atoms with van der Waals surface area (Å²) in [6, 6.07) is 11.7. The van der Waals surface area contributed by atoms with Gasteiger partial charge < -0.3 is 10.2 Å². The van der Waals surface area contributed by atoms with Gasteiger partial charge in [-0.2, -0.15) is 0 Å². The van der Waals surface area contributed by atoms with E-state index < -0.39 is 17.5 Å². The maximum Gasteiger partial charge on any atom is 0.259 e. The highest BCUT2D eigenvalue weighted by atomic mass is 19.2. The first kappa shape index (κ1) is 18.7. The van der Waals surface area contributed by atoms with E-state index in [9.17, 15) is 18.4 Å². The van der Waals surface area contributed by atoms with Gasteiger partial charge in [0.2, 0.25) is 0 Å². The number of nitrogens with one attached hydrogen (secondary N) is 1. The third-order valence-electron chi connectivity index (χ3n) is 4.79. The van der Waals surface area contributed by atoms with Crippen LogP contribution in [0.3, 0.4) is 0 Å². The third-order valence-corrected chi connectivity index (χ3v) is 4.79. The van der Waals surface area contributed by atoms with Crippen molar-refractivity contribution < 1.29 is 18.4 Å². The molecule has 5 nitrogen and oxygen atoms in total. The monoisotopic (exact) mass is 393 g/mol. The Morgan fingerprint density at radius 2 is 1.86 bits per heavy atom. The number of aromatic nitrogens is 1. The lowest BCUT2D eigenvalue weighted by Crippen LogP contribution is -2.35. The fraction of sp³-hybridized carbons (Fsp3) is 0.136. The summed E-state index contributed by atoms with van der Waals surface area (Å²) in [6.07, 6.45) is 4.70. The topological polar surface area (TPSA) is 62.3 Å². The summed E-state index contributed by atoms with van der Waals surface area (Å²) in [5.41, 5.74) is 2.77. The number of aryl methyl sites for hydroxylation is 1. The molecule has 0 saturated heterocycles. The molecule has 146 valence electrons. The molecule has 2 aromatic carbocycles. The van der Waals surface area contributed by atoms with Crippen LogP contribution >= 0.6 is 0 Å². The molecule has 1 N–H and O–H groups in total. The first-order valence-electron chi connectivity index (χ1n) is 9.14. The van der Waals surface area contributed by atoms with Crippen molar-refractivity contribution in [3.8, 4) is 0 Å². The van der Waals surface area contributed by atoms with Gasteiger partial charge in [0.15, 0.2) is 11.6 Å². The van der Waals surface area contributed by atoms with Gasteiger partial charge in [-0.25, -0.2) is 8.78 Å². The second-order valence-corrected chi connectivity index (χ2v) is 6.73. The Labute approximate surface area is 166 Å². The molecule has 2 amide bonds. The maximum absolute atomic E-state index is 13.4. The number of benzene rings is 2. The summed E-state index contributed by atoms with van der Waals surface area (Å²) in [7, 11) is 0. The molecule has 1 aliphatic rings. The Balaban J connectivity index is 1.56. The smallest absolute Gasteiger partial charge is 0.259 e. The minimum atomic E-state index is -1.08. The number of carbonyl (C=O) groups is 2. The second kappa shape index (κ2) is 7.79. The van der Waals surface area contributed by atoms with Crippen molar-refractivity contribution in [2.24, 2.45) is 0 Å². The summed E-state index contributed by atoms with van der Waals surface area (Å²) in [5, 5.41) is 2.69. The minimum absolute atomic E-state index is 0.0232.